The Bertz CT molecular complexity index is 695. The maximum atomic E-state index is 14.0. The van der Waals surface area contributed by atoms with Crippen LogP contribution < -0.4 is 5.32 Å². The van der Waals surface area contributed by atoms with Gasteiger partial charge in [0.25, 0.3) is 0 Å². The number of anilines is 1. The zero-order valence-corrected chi connectivity index (χ0v) is 15.2. The predicted octanol–water partition coefficient (Wildman–Crippen LogP) is 4.04. The van der Waals surface area contributed by atoms with E-state index >= 15 is 0 Å². The van der Waals surface area contributed by atoms with Gasteiger partial charge in [0.1, 0.15) is 0 Å². The smallest absolute Gasteiger partial charge is 0.307 e. The van der Waals surface area contributed by atoms with E-state index in [9.17, 15) is 9.18 Å². The molecule has 2 rings (SSSR count). The maximum Gasteiger partial charge on any atom is 0.307 e. The third-order valence-electron chi connectivity index (χ3n) is 3.73. The van der Waals surface area contributed by atoms with Crippen LogP contribution in [0.1, 0.15) is 32.1 Å². The molecule has 1 N–H and O–H groups in total. The molecule has 24 heavy (non-hydrogen) atoms. The number of halogens is 2. The van der Waals surface area contributed by atoms with E-state index in [-0.39, 0.29) is 23.5 Å². The molecular weight excluding hydrogens is 353 g/mol. The van der Waals surface area contributed by atoms with Crippen LogP contribution in [0.15, 0.2) is 23.7 Å². The molecule has 0 aromatic carbocycles. The number of esters is 1. The summed E-state index contributed by atoms with van der Waals surface area (Å²) in [6, 6.07) is 3.48. The first-order valence-electron chi connectivity index (χ1n) is 7.48. The van der Waals surface area contributed by atoms with E-state index < -0.39 is 17.3 Å². The molecule has 2 aromatic heterocycles. The van der Waals surface area contributed by atoms with Crippen LogP contribution >= 0.6 is 22.9 Å². The van der Waals surface area contributed by atoms with Crippen molar-refractivity contribution >= 4 is 34.7 Å². The number of carbonyl (C=O) groups excluding carboxylic acids is 1. The minimum Gasteiger partial charge on any atom is -0.466 e. The van der Waals surface area contributed by atoms with Gasteiger partial charge >= 0.3 is 5.97 Å². The number of nitrogens with zero attached hydrogens (tertiary/aromatic N) is 2. The van der Waals surface area contributed by atoms with Gasteiger partial charge in [0, 0.05) is 16.3 Å². The second-order valence-electron chi connectivity index (χ2n) is 5.74. The lowest BCUT2D eigenvalue weighted by atomic mass is 9.81. The fourth-order valence-electron chi connectivity index (χ4n) is 2.30. The number of aromatic nitrogens is 2. The monoisotopic (exact) mass is 371 g/mol. The van der Waals surface area contributed by atoms with Gasteiger partial charge in [-0.05, 0) is 30.0 Å². The number of rotatable bonds is 7. The molecule has 0 radical (unpaired) electrons. The molecule has 0 aliphatic rings. The number of nitrogens with one attached hydrogen (secondary N) is 1. The van der Waals surface area contributed by atoms with Gasteiger partial charge in [-0.1, -0.05) is 19.9 Å². The summed E-state index contributed by atoms with van der Waals surface area (Å²) >= 11 is 7.32. The van der Waals surface area contributed by atoms with Crippen LogP contribution in [0.2, 0.25) is 5.28 Å². The molecule has 0 saturated carbocycles. The molecule has 1 atom stereocenters. The van der Waals surface area contributed by atoms with E-state index in [2.05, 4.69) is 15.3 Å². The van der Waals surface area contributed by atoms with Gasteiger partial charge in [0.05, 0.1) is 19.2 Å². The highest BCUT2D eigenvalue weighted by atomic mass is 35.5. The highest BCUT2D eigenvalue weighted by Crippen LogP contribution is 2.34. The molecule has 0 bridgehead atoms. The third kappa shape index (κ3) is 4.42. The SMILES string of the molecule is CCOC(=O)CC(Nc1nc(Cl)ncc1F)C(C)(C)c1cccs1. The Balaban J connectivity index is 2.32. The van der Waals surface area contributed by atoms with E-state index in [1.54, 1.807) is 18.3 Å². The van der Waals surface area contributed by atoms with Crippen LogP contribution in [0.4, 0.5) is 10.2 Å². The second-order valence-corrected chi connectivity index (χ2v) is 7.03. The Morgan fingerprint density at radius 3 is 2.92 bits per heavy atom. The van der Waals surface area contributed by atoms with Crippen molar-refractivity contribution in [2.75, 3.05) is 11.9 Å². The van der Waals surface area contributed by atoms with Crippen LogP contribution in [0.5, 0.6) is 0 Å². The molecule has 5 nitrogen and oxygen atoms in total. The fraction of sp³-hybridized carbons (Fsp3) is 0.438. The molecule has 0 spiro atoms. The Morgan fingerprint density at radius 1 is 1.54 bits per heavy atom. The maximum absolute atomic E-state index is 14.0. The van der Waals surface area contributed by atoms with Crippen LogP contribution in [0.25, 0.3) is 0 Å². The van der Waals surface area contributed by atoms with Crippen molar-refractivity contribution in [1.82, 2.24) is 9.97 Å². The zero-order chi connectivity index (χ0) is 17.7. The van der Waals surface area contributed by atoms with E-state index in [1.807, 2.05) is 31.4 Å². The normalized spacial score (nSPS) is 12.7. The van der Waals surface area contributed by atoms with Gasteiger partial charge < -0.3 is 10.1 Å². The van der Waals surface area contributed by atoms with E-state index in [4.69, 9.17) is 16.3 Å². The first-order chi connectivity index (χ1) is 11.3. The minimum absolute atomic E-state index is 0.0334. The van der Waals surface area contributed by atoms with Gasteiger partial charge in [0.15, 0.2) is 11.6 Å². The van der Waals surface area contributed by atoms with Crippen molar-refractivity contribution in [3.05, 3.63) is 39.7 Å². The Hall–Kier alpha value is -1.73. The summed E-state index contributed by atoms with van der Waals surface area (Å²) in [6.45, 7) is 6.00. The van der Waals surface area contributed by atoms with Crippen LogP contribution in [0.3, 0.4) is 0 Å². The number of hydrogen-bond donors (Lipinski definition) is 1. The number of thiophene rings is 1. The zero-order valence-electron chi connectivity index (χ0n) is 13.7. The van der Waals surface area contributed by atoms with Gasteiger partial charge in [-0.3, -0.25) is 4.79 Å². The Kier molecular flexibility index (Phi) is 6.12. The second kappa shape index (κ2) is 7.90. The van der Waals surface area contributed by atoms with Crippen molar-refractivity contribution in [3.63, 3.8) is 0 Å². The van der Waals surface area contributed by atoms with Crippen molar-refractivity contribution in [1.29, 1.82) is 0 Å². The highest BCUT2D eigenvalue weighted by Gasteiger charge is 2.35. The molecule has 8 heteroatoms. The molecule has 0 amide bonds. The number of hydrogen-bond acceptors (Lipinski definition) is 6. The van der Waals surface area contributed by atoms with Crippen molar-refractivity contribution in [3.8, 4) is 0 Å². The summed E-state index contributed by atoms with van der Waals surface area (Å²) in [4.78, 5) is 20.5. The molecule has 130 valence electrons. The molecule has 2 aromatic rings. The molecule has 0 aliphatic carbocycles. The Labute approximate surface area is 149 Å². The van der Waals surface area contributed by atoms with Gasteiger partial charge in [-0.15, -0.1) is 11.3 Å². The first-order valence-corrected chi connectivity index (χ1v) is 8.74. The summed E-state index contributed by atoms with van der Waals surface area (Å²) in [7, 11) is 0. The molecule has 0 saturated heterocycles. The topological polar surface area (TPSA) is 64.1 Å². The average Bonchev–Trinajstić information content (AvgIpc) is 3.05. The fourth-order valence-corrected chi connectivity index (χ4v) is 3.34. The summed E-state index contributed by atoms with van der Waals surface area (Å²) in [6.07, 6.45) is 1.07. The van der Waals surface area contributed by atoms with Crippen LogP contribution in [-0.4, -0.2) is 28.6 Å². The third-order valence-corrected chi connectivity index (χ3v) is 5.12. The largest absolute Gasteiger partial charge is 0.466 e. The summed E-state index contributed by atoms with van der Waals surface area (Å²) in [5.41, 5.74) is -0.454. The van der Waals surface area contributed by atoms with Gasteiger partial charge in [-0.2, -0.15) is 4.98 Å². The average molecular weight is 372 g/mol. The number of carbonyl (C=O) groups is 1. The molecule has 2 heterocycles. The summed E-state index contributed by atoms with van der Waals surface area (Å²) in [5, 5.41) is 4.89. The summed E-state index contributed by atoms with van der Waals surface area (Å²) < 4.78 is 19.0. The Morgan fingerprint density at radius 2 is 2.29 bits per heavy atom. The standard InChI is InChI=1S/C16H19ClFN3O2S/c1-4-23-13(22)8-11(16(2,3)12-6-5-7-24-12)20-14-10(18)9-19-15(17)21-14/h5-7,9,11H,4,8H2,1-3H3,(H,19,20,21). The van der Waals surface area contributed by atoms with Crippen LogP contribution in [-0.2, 0) is 14.9 Å². The quantitative estimate of drug-likeness (QED) is 0.587. The molecule has 0 fully saturated rings. The minimum atomic E-state index is -0.629. The molecule has 1 unspecified atom stereocenters. The van der Waals surface area contributed by atoms with Crippen molar-refractivity contribution in [2.45, 2.75) is 38.6 Å². The van der Waals surface area contributed by atoms with Gasteiger partial charge in [-0.25, -0.2) is 9.37 Å². The van der Waals surface area contributed by atoms with E-state index in [1.165, 1.54) is 0 Å². The van der Waals surface area contributed by atoms with E-state index in [0.717, 1.165) is 11.1 Å². The molecular formula is C16H19ClFN3O2S. The van der Waals surface area contributed by atoms with Crippen molar-refractivity contribution < 1.29 is 13.9 Å². The molecule has 0 aliphatic heterocycles. The predicted molar refractivity (Wildman–Crippen MR) is 93.0 cm³/mol. The highest BCUT2D eigenvalue weighted by molar-refractivity contribution is 7.10. The summed E-state index contributed by atoms with van der Waals surface area (Å²) in [5.74, 6) is -1.02. The van der Waals surface area contributed by atoms with Gasteiger partial charge in [0.2, 0.25) is 5.28 Å². The van der Waals surface area contributed by atoms with Crippen LogP contribution in [0, 0.1) is 5.82 Å². The first kappa shape index (κ1) is 18.6. The lowest BCUT2D eigenvalue weighted by Crippen LogP contribution is -2.41. The lowest BCUT2D eigenvalue weighted by molar-refractivity contribution is -0.143. The lowest BCUT2D eigenvalue weighted by Gasteiger charge is -2.34. The number of ether oxygens (including phenoxy) is 1. The van der Waals surface area contributed by atoms with E-state index in [0.29, 0.717) is 6.61 Å². The van der Waals surface area contributed by atoms with Crippen molar-refractivity contribution in [2.24, 2.45) is 0 Å².